The molecule has 0 aromatic carbocycles. The molecule has 0 unspecified atom stereocenters. The van der Waals surface area contributed by atoms with E-state index in [1.807, 2.05) is 13.8 Å². The van der Waals surface area contributed by atoms with Crippen LogP contribution in [0.4, 0.5) is 0 Å². The third-order valence-corrected chi connectivity index (χ3v) is 3.80. The Morgan fingerprint density at radius 2 is 1.87 bits per heavy atom. The summed E-state index contributed by atoms with van der Waals surface area (Å²) < 4.78 is 7.95. The molecule has 2 N–H and O–H groups in total. The number of hydrogen-bond acceptors (Lipinski definition) is 4. The van der Waals surface area contributed by atoms with E-state index < -0.39 is 11.2 Å². The lowest BCUT2D eigenvalue weighted by Gasteiger charge is -2.10. The number of aromatic nitrogens is 3. The minimum absolute atomic E-state index is 0.138. The van der Waals surface area contributed by atoms with Gasteiger partial charge in [0.2, 0.25) is 0 Å². The standard InChI is InChI=1S/C16H19N3O4/c1-3-7-18-13-12(15(21)19(8-4-2)16(18)22)17-11(14(13)20)10-6-5-9-23-10/h5-6,9,17,20H,3-4,7-8H2,1-2H3. The van der Waals surface area contributed by atoms with E-state index in [2.05, 4.69) is 4.98 Å². The fourth-order valence-electron chi connectivity index (χ4n) is 2.81. The number of fused-ring (bicyclic) bond motifs is 1. The first-order chi connectivity index (χ1) is 11.1. The van der Waals surface area contributed by atoms with Gasteiger partial charge in [-0.25, -0.2) is 4.79 Å². The average molecular weight is 317 g/mol. The van der Waals surface area contributed by atoms with Crippen LogP contribution in [0.3, 0.4) is 0 Å². The van der Waals surface area contributed by atoms with Crippen molar-refractivity contribution in [3.63, 3.8) is 0 Å². The fourth-order valence-corrected chi connectivity index (χ4v) is 2.81. The second kappa shape index (κ2) is 5.83. The maximum atomic E-state index is 12.6. The van der Waals surface area contributed by atoms with E-state index in [0.717, 1.165) is 0 Å². The molecule has 0 aliphatic rings. The van der Waals surface area contributed by atoms with Gasteiger partial charge in [0.25, 0.3) is 5.56 Å². The Balaban J connectivity index is 2.42. The maximum absolute atomic E-state index is 12.6. The van der Waals surface area contributed by atoms with Crippen molar-refractivity contribution in [3.05, 3.63) is 39.2 Å². The molecule has 0 saturated heterocycles. The molecule has 7 heteroatoms. The van der Waals surface area contributed by atoms with Crippen LogP contribution in [-0.4, -0.2) is 19.2 Å². The minimum atomic E-state index is -0.424. The summed E-state index contributed by atoms with van der Waals surface area (Å²) in [6.45, 7) is 4.60. The van der Waals surface area contributed by atoms with E-state index in [4.69, 9.17) is 4.42 Å². The van der Waals surface area contributed by atoms with Gasteiger partial charge in [-0.3, -0.25) is 13.9 Å². The number of nitrogens with one attached hydrogen (secondary N) is 1. The molecule has 23 heavy (non-hydrogen) atoms. The molecule has 0 aliphatic heterocycles. The maximum Gasteiger partial charge on any atom is 0.331 e. The monoisotopic (exact) mass is 317 g/mol. The molecule has 0 fully saturated rings. The molecule has 3 heterocycles. The van der Waals surface area contributed by atoms with Gasteiger partial charge in [-0.05, 0) is 25.0 Å². The van der Waals surface area contributed by atoms with Crippen molar-refractivity contribution in [3.8, 4) is 17.2 Å². The molecule has 122 valence electrons. The van der Waals surface area contributed by atoms with Crippen LogP contribution in [0.2, 0.25) is 0 Å². The number of rotatable bonds is 5. The van der Waals surface area contributed by atoms with Gasteiger partial charge < -0.3 is 14.5 Å². The summed E-state index contributed by atoms with van der Waals surface area (Å²) in [5.41, 5.74) is -0.0598. The van der Waals surface area contributed by atoms with Gasteiger partial charge in [0.15, 0.2) is 11.5 Å². The van der Waals surface area contributed by atoms with Crippen molar-refractivity contribution >= 4 is 11.0 Å². The number of aromatic hydroxyl groups is 1. The van der Waals surface area contributed by atoms with Crippen LogP contribution in [0, 0.1) is 0 Å². The van der Waals surface area contributed by atoms with Crippen LogP contribution < -0.4 is 11.2 Å². The van der Waals surface area contributed by atoms with Crippen LogP contribution in [0.1, 0.15) is 26.7 Å². The summed E-state index contributed by atoms with van der Waals surface area (Å²) in [5, 5.41) is 10.5. The second-order valence-corrected chi connectivity index (χ2v) is 5.44. The van der Waals surface area contributed by atoms with E-state index in [0.29, 0.717) is 37.4 Å². The van der Waals surface area contributed by atoms with Crippen LogP contribution >= 0.6 is 0 Å². The lowest BCUT2D eigenvalue weighted by atomic mass is 10.3. The highest BCUT2D eigenvalue weighted by molar-refractivity contribution is 5.89. The lowest BCUT2D eigenvalue weighted by Crippen LogP contribution is -2.40. The summed E-state index contributed by atoms with van der Waals surface area (Å²) in [6.07, 6.45) is 2.86. The first kappa shape index (κ1) is 15.2. The Bertz CT molecular complexity index is 945. The molecule has 0 amide bonds. The Morgan fingerprint density at radius 3 is 2.48 bits per heavy atom. The zero-order chi connectivity index (χ0) is 16.6. The van der Waals surface area contributed by atoms with Crippen molar-refractivity contribution in [1.82, 2.24) is 14.1 Å². The second-order valence-electron chi connectivity index (χ2n) is 5.44. The van der Waals surface area contributed by atoms with Crippen molar-refractivity contribution in [2.24, 2.45) is 0 Å². The van der Waals surface area contributed by atoms with Crippen molar-refractivity contribution in [2.45, 2.75) is 39.8 Å². The largest absolute Gasteiger partial charge is 0.504 e. The summed E-state index contributed by atoms with van der Waals surface area (Å²) >= 11 is 0. The molecule has 7 nitrogen and oxygen atoms in total. The molecule has 0 saturated carbocycles. The van der Waals surface area contributed by atoms with Crippen LogP contribution in [0.25, 0.3) is 22.5 Å². The molecular weight excluding hydrogens is 298 g/mol. The van der Waals surface area contributed by atoms with Gasteiger partial charge in [-0.2, -0.15) is 0 Å². The molecule has 0 aliphatic carbocycles. The third-order valence-electron chi connectivity index (χ3n) is 3.80. The quantitative estimate of drug-likeness (QED) is 0.755. The lowest BCUT2D eigenvalue weighted by molar-refractivity contribution is 0.472. The Morgan fingerprint density at radius 1 is 1.17 bits per heavy atom. The number of furan rings is 1. The number of H-pyrrole nitrogens is 1. The smallest absolute Gasteiger partial charge is 0.331 e. The number of nitrogens with zero attached hydrogens (tertiary/aromatic N) is 2. The number of hydrogen-bond donors (Lipinski definition) is 2. The Hall–Kier alpha value is -2.70. The van der Waals surface area contributed by atoms with Gasteiger partial charge in [0, 0.05) is 13.1 Å². The third kappa shape index (κ3) is 2.28. The highest BCUT2D eigenvalue weighted by Crippen LogP contribution is 2.34. The molecule has 0 atom stereocenters. The summed E-state index contributed by atoms with van der Waals surface area (Å²) in [6, 6.07) is 3.37. The van der Waals surface area contributed by atoms with Crippen molar-refractivity contribution in [2.75, 3.05) is 0 Å². The normalized spacial score (nSPS) is 11.4. The number of aryl methyl sites for hydroxylation is 1. The highest BCUT2D eigenvalue weighted by atomic mass is 16.3. The molecule has 0 spiro atoms. The predicted molar refractivity (Wildman–Crippen MR) is 86.8 cm³/mol. The summed E-state index contributed by atoms with van der Waals surface area (Å²) in [7, 11) is 0. The van der Waals surface area contributed by atoms with Crippen LogP contribution in [0.5, 0.6) is 5.75 Å². The zero-order valence-electron chi connectivity index (χ0n) is 13.1. The van der Waals surface area contributed by atoms with Gasteiger partial charge in [0.1, 0.15) is 16.7 Å². The number of aromatic amines is 1. The first-order valence-electron chi connectivity index (χ1n) is 7.72. The van der Waals surface area contributed by atoms with Crippen LogP contribution in [-0.2, 0) is 13.1 Å². The summed E-state index contributed by atoms with van der Waals surface area (Å²) in [4.78, 5) is 28.1. The van der Waals surface area contributed by atoms with Gasteiger partial charge in [-0.1, -0.05) is 13.8 Å². The van der Waals surface area contributed by atoms with E-state index in [1.54, 1.807) is 12.1 Å². The molecule has 0 bridgehead atoms. The minimum Gasteiger partial charge on any atom is -0.504 e. The van der Waals surface area contributed by atoms with Gasteiger partial charge >= 0.3 is 5.69 Å². The molecule has 3 rings (SSSR count). The predicted octanol–water partition coefficient (Wildman–Crippen LogP) is 2.28. The zero-order valence-corrected chi connectivity index (χ0v) is 13.1. The molecule has 3 aromatic rings. The van der Waals surface area contributed by atoms with E-state index >= 15 is 0 Å². The SMILES string of the molecule is CCCn1c(=O)c2[nH]c(-c3ccco3)c(O)c2n(CCC)c1=O. The van der Waals surface area contributed by atoms with E-state index in [1.165, 1.54) is 15.4 Å². The van der Waals surface area contributed by atoms with E-state index in [9.17, 15) is 14.7 Å². The topological polar surface area (TPSA) is 93.2 Å². The average Bonchev–Trinajstić information content (AvgIpc) is 3.16. The molecule has 0 radical (unpaired) electrons. The van der Waals surface area contributed by atoms with Gasteiger partial charge in [0.05, 0.1) is 6.26 Å². The van der Waals surface area contributed by atoms with Crippen molar-refractivity contribution < 1.29 is 9.52 Å². The molecule has 3 aromatic heterocycles. The van der Waals surface area contributed by atoms with Crippen molar-refractivity contribution in [1.29, 1.82) is 0 Å². The summed E-state index contributed by atoms with van der Waals surface area (Å²) in [5.74, 6) is 0.275. The van der Waals surface area contributed by atoms with E-state index in [-0.39, 0.29) is 16.8 Å². The highest BCUT2D eigenvalue weighted by Gasteiger charge is 2.22. The fraction of sp³-hybridized carbons (Fsp3) is 0.375. The Labute approximate surface area is 131 Å². The van der Waals surface area contributed by atoms with Crippen LogP contribution in [0.15, 0.2) is 32.4 Å². The molecular formula is C16H19N3O4. The first-order valence-corrected chi connectivity index (χ1v) is 7.72. The Kier molecular flexibility index (Phi) is 3.85. The van der Waals surface area contributed by atoms with Gasteiger partial charge in [-0.15, -0.1) is 0 Å².